The molecule has 0 radical (unpaired) electrons. The van der Waals surface area contributed by atoms with Crippen molar-refractivity contribution in [1.82, 2.24) is 19.0 Å². The van der Waals surface area contributed by atoms with E-state index in [4.69, 9.17) is 20.8 Å². The molecule has 0 bridgehead atoms. The number of amides is 2. The Morgan fingerprint density at radius 3 is 2.55 bits per heavy atom. The van der Waals surface area contributed by atoms with Crippen LogP contribution in [0.4, 0.5) is 10.9 Å². The normalized spacial score (nSPS) is 17.2. The Morgan fingerprint density at radius 2 is 1.79 bits per heavy atom. The Hall–Kier alpha value is -5.23. The summed E-state index contributed by atoms with van der Waals surface area (Å²) in [5.41, 5.74) is 11.9. The molecule has 5 N–H and O–H groups in total. The molecule has 2 amide bonds. The highest BCUT2D eigenvalue weighted by Crippen LogP contribution is 2.32. The van der Waals surface area contributed by atoms with Gasteiger partial charge < -0.3 is 15.7 Å². The zero-order valence-electron chi connectivity index (χ0n) is 31.4. The number of para-hydroxylation sites is 1. The fourth-order valence-electron chi connectivity index (χ4n) is 7.63. The number of benzene rings is 2. The molecule has 4 heterocycles. The lowest BCUT2D eigenvalue weighted by Gasteiger charge is -2.31. The number of rotatable bonds is 10. The number of aliphatic carboxylic acids is 1. The maximum atomic E-state index is 14.1. The quantitative estimate of drug-likeness (QED) is 0.0751. The number of allylic oxidation sites excluding steroid dienone is 1. The summed E-state index contributed by atoms with van der Waals surface area (Å²) >= 11 is 2.66. The van der Waals surface area contributed by atoms with Crippen LogP contribution in [0.3, 0.4) is 0 Å². The molecule has 0 unspecified atom stereocenters. The van der Waals surface area contributed by atoms with Crippen molar-refractivity contribution in [1.29, 1.82) is 0 Å². The predicted octanol–water partition coefficient (Wildman–Crippen LogP) is 6.94. The van der Waals surface area contributed by atoms with Crippen molar-refractivity contribution in [2.75, 3.05) is 36.4 Å². The molecule has 7 rings (SSSR count). The van der Waals surface area contributed by atoms with E-state index in [1.54, 1.807) is 0 Å². The first-order valence-corrected chi connectivity index (χ1v) is 20.8. The number of carbonyl (C=O) groups excluding carboxylic acids is 2. The number of aromatic nitrogens is 2. The van der Waals surface area contributed by atoms with E-state index in [1.807, 2.05) is 59.8 Å². The van der Waals surface area contributed by atoms with E-state index < -0.39 is 5.97 Å². The molecule has 2 fully saturated rings. The largest absolute Gasteiger partial charge is 0.472 e. The Kier molecular flexibility index (Phi) is 12.6. The van der Waals surface area contributed by atoms with E-state index in [1.165, 1.54) is 61.8 Å². The number of piperidine rings is 1. The van der Waals surface area contributed by atoms with Crippen molar-refractivity contribution >= 4 is 73.7 Å². The van der Waals surface area contributed by atoms with Gasteiger partial charge in [-0.25, -0.2) is 19.1 Å². The number of aliphatic imine (C=N–C) groups is 1. The Bertz CT molecular complexity index is 2190. The molecule has 12 nitrogen and oxygen atoms in total. The van der Waals surface area contributed by atoms with Crippen LogP contribution in [0.5, 0.6) is 0 Å². The van der Waals surface area contributed by atoms with Gasteiger partial charge in [0.25, 0.3) is 11.8 Å². The number of anilines is 2. The van der Waals surface area contributed by atoms with E-state index in [-0.39, 0.29) is 23.4 Å². The van der Waals surface area contributed by atoms with Crippen LogP contribution in [-0.4, -0.2) is 69.1 Å². The third-order valence-electron chi connectivity index (χ3n) is 10.7. The minimum atomic E-state index is -1.12. The maximum Gasteiger partial charge on any atom is 0.381 e. The van der Waals surface area contributed by atoms with E-state index in [2.05, 4.69) is 37.8 Å². The van der Waals surface area contributed by atoms with Crippen LogP contribution in [0.15, 0.2) is 65.8 Å². The minimum absolute atomic E-state index is 0.00507. The molecule has 56 heavy (non-hydrogen) atoms. The van der Waals surface area contributed by atoms with Crippen molar-refractivity contribution in [2.45, 2.75) is 64.8 Å². The lowest BCUT2D eigenvalue weighted by molar-refractivity contribution is -0.130. The second-order valence-corrected chi connectivity index (χ2v) is 16.4. The SMILES string of the molecule is CC(=NCC1CCCCC1)/C(=C\N)c1ccc(N2CCc3cccc(C(=O)Nc4nc5ccccc5s4)c3C2)nc1C(=O)NSN1CCC(C#CC(=O)O)CC1. The average Bonchev–Trinajstić information content (AvgIpc) is 3.64. The van der Waals surface area contributed by atoms with Crippen LogP contribution in [0, 0.1) is 23.7 Å². The Labute approximate surface area is 335 Å². The molecule has 0 spiro atoms. The molecule has 0 atom stereocenters. The minimum Gasteiger partial charge on any atom is -0.472 e. The molecule has 290 valence electrons. The molecule has 4 aromatic rings. The number of nitrogens with zero attached hydrogens (tertiary/aromatic N) is 5. The average molecular weight is 791 g/mol. The highest BCUT2D eigenvalue weighted by atomic mass is 32.2. The molecule has 2 aromatic carbocycles. The smallest absolute Gasteiger partial charge is 0.381 e. The third kappa shape index (κ3) is 9.41. The van der Waals surface area contributed by atoms with Crippen molar-refractivity contribution in [3.05, 3.63) is 88.7 Å². The van der Waals surface area contributed by atoms with Crippen molar-refractivity contribution < 1.29 is 19.5 Å². The van der Waals surface area contributed by atoms with E-state index >= 15 is 0 Å². The lowest BCUT2D eigenvalue weighted by atomic mass is 9.89. The third-order valence-corrected chi connectivity index (χ3v) is 12.6. The standard InChI is InChI=1S/C42H46N8O4S2/c1-27(44-25-29-8-3-2-4-9-29)33(24-43)31-15-16-37(46-39(31)41(54)48-56-50-22-18-28(19-23-50)14-17-38(51)52)49-21-20-30-10-7-11-32(34(30)26-49)40(53)47-42-45-35-12-5-6-13-36(35)55-42/h5-7,10-13,15-16,24,28-29H,2-4,8-9,18-23,25-26,43H2,1H3,(H,48,54)(H,51,52)(H,45,47,53)/b33-24+,44-27?. The number of thiazole rings is 1. The molecule has 3 aliphatic rings. The topological polar surface area (TPSA) is 166 Å². The van der Waals surface area contributed by atoms with Gasteiger partial charge in [-0.05, 0) is 86.4 Å². The maximum absolute atomic E-state index is 14.1. The van der Waals surface area contributed by atoms with Crippen LogP contribution >= 0.6 is 23.5 Å². The molecular formula is C42H46N8O4S2. The molecule has 1 aliphatic carbocycles. The van der Waals surface area contributed by atoms with Crippen molar-refractivity contribution in [2.24, 2.45) is 22.6 Å². The molecule has 1 saturated heterocycles. The summed E-state index contributed by atoms with van der Waals surface area (Å²) in [6, 6.07) is 17.4. The van der Waals surface area contributed by atoms with Crippen molar-refractivity contribution in [3.8, 4) is 11.8 Å². The van der Waals surface area contributed by atoms with E-state index in [0.717, 1.165) is 33.6 Å². The monoisotopic (exact) mass is 790 g/mol. The number of carbonyl (C=O) groups is 3. The van der Waals surface area contributed by atoms with Crippen LogP contribution in [0.25, 0.3) is 15.8 Å². The highest BCUT2D eigenvalue weighted by molar-refractivity contribution is 7.95. The fourth-order valence-corrected chi connectivity index (χ4v) is 9.19. The number of pyridine rings is 1. The summed E-state index contributed by atoms with van der Waals surface area (Å²) in [7, 11) is 0. The number of nitrogens with two attached hydrogens (primary N) is 1. The summed E-state index contributed by atoms with van der Waals surface area (Å²) in [4.78, 5) is 55.4. The molecular weight excluding hydrogens is 745 g/mol. The molecule has 2 aromatic heterocycles. The lowest BCUT2D eigenvalue weighted by Crippen LogP contribution is -2.34. The van der Waals surface area contributed by atoms with Crippen LogP contribution in [0.1, 0.15) is 89.4 Å². The highest BCUT2D eigenvalue weighted by Gasteiger charge is 2.27. The molecule has 14 heteroatoms. The number of nitrogens with one attached hydrogen (secondary N) is 2. The number of hydrogen-bond donors (Lipinski definition) is 4. The van der Waals surface area contributed by atoms with Gasteiger partial charge in [-0.15, -0.1) is 0 Å². The molecule has 1 saturated carbocycles. The van der Waals surface area contributed by atoms with Gasteiger partial charge >= 0.3 is 5.97 Å². The zero-order chi connectivity index (χ0) is 39.0. The Morgan fingerprint density at radius 1 is 0.982 bits per heavy atom. The van der Waals surface area contributed by atoms with Gasteiger partial charge in [-0.3, -0.25) is 24.6 Å². The van der Waals surface area contributed by atoms with Gasteiger partial charge in [0.2, 0.25) is 0 Å². The number of carboxylic acid groups (broad SMARTS) is 1. The number of fused-ring (bicyclic) bond motifs is 2. The summed E-state index contributed by atoms with van der Waals surface area (Å²) < 4.78 is 6.05. The molecule has 2 aliphatic heterocycles. The summed E-state index contributed by atoms with van der Waals surface area (Å²) in [5, 5.41) is 12.5. The van der Waals surface area contributed by atoms with Gasteiger partial charge in [-0.2, -0.15) is 0 Å². The zero-order valence-corrected chi connectivity index (χ0v) is 33.1. The predicted molar refractivity (Wildman–Crippen MR) is 224 cm³/mol. The Balaban J connectivity index is 1.12. The first-order chi connectivity index (χ1) is 27.2. The first kappa shape index (κ1) is 39.0. The van der Waals surface area contributed by atoms with Gasteiger partial charge in [0.15, 0.2) is 5.13 Å². The van der Waals surface area contributed by atoms with Gasteiger partial charge in [0.1, 0.15) is 11.5 Å². The number of hydrogen-bond acceptors (Lipinski definition) is 11. The first-order valence-electron chi connectivity index (χ1n) is 19.2. The fraction of sp³-hybridized carbons (Fsp3) is 0.381. The van der Waals surface area contributed by atoms with Crippen molar-refractivity contribution in [3.63, 3.8) is 0 Å². The second kappa shape index (κ2) is 18.1. The number of carboxylic acids is 1. The summed E-state index contributed by atoms with van der Waals surface area (Å²) in [6.45, 7) is 5.04. The van der Waals surface area contributed by atoms with E-state index in [9.17, 15) is 14.4 Å². The van der Waals surface area contributed by atoms with Gasteiger partial charge in [0.05, 0.1) is 10.2 Å². The summed E-state index contributed by atoms with van der Waals surface area (Å²) in [5.74, 6) is 4.51. The van der Waals surface area contributed by atoms with Gasteiger partial charge in [-0.1, -0.05) is 60.8 Å². The van der Waals surface area contributed by atoms with Crippen LogP contribution < -0.4 is 20.7 Å². The summed E-state index contributed by atoms with van der Waals surface area (Å²) in [6.07, 6.45) is 9.71. The van der Waals surface area contributed by atoms with E-state index in [0.29, 0.717) is 79.0 Å². The van der Waals surface area contributed by atoms with Crippen LogP contribution in [0.2, 0.25) is 0 Å². The van der Waals surface area contributed by atoms with Crippen LogP contribution in [-0.2, 0) is 17.8 Å². The van der Waals surface area contributed by atoms with Gasteiger partial charge in [0, 0.05) is 85.3 Å². The second-order valence-electron chi connectivity index (χ2n) is 14.4.